The van der Waals surface area contributed by atoms with Crippen molar-refractivity contribution >= 4 is 11.5 Å². The van der Waals surface area contributed by atoms with Gasteiger partial charge in [0.15, 0.2) is 5.65 Å². The molecule has 7 nitrogen and oxygen atoms in total. The van der Waals surface area contributed by atoms with E-state index in [1.807, 2.05) is 4.90 Å². The summed E-state index contributed by atoms with van der Waals surface area (Å²) < 4.78 is 1.35. The highest BCUT2D eigenvalue weighted by molar-refractivity contribution is 5.50. The maximum absolute atomic E-state index is 11.3. The van der Waals surface area contributed by atoms with Crippen LogP contribution in [0.5, 0.6) is 0 Å². The Kier molecular flexibility index (Phi) is 2.32. The van der Waals surface area contributed by atoms with Gasteiger partial charge in [0, 0.05) is 19.2 Å². The Morgan fingerprint density at radius 2 is 2.41 bits per heavy atom. The van der Waals surface area contributed by atoms with Crippen molar-refractivity contribution in [1.29, 1.82) is 0 Å². The van der Waals surface area contributed by atoms with Crippen LogP contribution in [0, 0.1) is 0 Å². The van der Waals surface area contributed by atoms with Crippen LogP contribution < -0.4 is 10.6 Å². The molecule has 2 aromatic rings. The van der Waals surface area contributed by atoms with Crippen LogP contribution in [0.2, 0.25) is 0 Å². The van der Waals surface area contributed by atoms with Crippen LogP contribution in [0.15, 0.2) is 17.2 Å². The summed E-state index contributed by atoms with van der Waals surface area (Å²) in [4.78, 5) is 17.5. The number of β-amino-alcohol motifs (C(OH)–C–C–N with tert-alkyl or cyclic N) is 1. The molecule has 0 aromatic carbocycles. The van der Waals surface area contributed by atoms with E-state index in [0.717, 1.165) is 25.2 Å². The summed E-state index contributed by atoms with van der Waals surface area (Å²) in [6.45, 7) is 1.45. The lowest BCUT2D eigenvalue weighted by atomic mass is 10.1. The number of nitrogens with zero attached hydrogens (tertiary/aromatic N) is 4. The second-order valence-electron chi connectivity index (χ2n) is 4.25. The molecular weight excluding hydrogens is 222 g/mol. The number of aliphatic hydroxyl groups is 1. The molecule has 0 bridgehead atoms. The number of anilines is 1. The van der Waals surface area contributed by atoms with Gasteiger partial charge < -0.3 is 10.0 Å². The molecule has 3 heterocycles. The molecule has 17 heavy (non-hydrogen) atoms. The first-order chi connectivity index (χ1) is 8.24. The number of aromatic nitrogens is 4. The zero-order valence-electron chi connectivity index (χ0n) is 9.20. The molecule has 7 heteroatoms. The Labute approximate surface area is 96.7 Å². The first kappa shape index (κ1) is 10.3. The van der Waals surface area contributed by atoms with Crippen molar-refractivity contribution in [3.63, 3.8) is 0 Å². The van der Waals surface area contributed by atoms with Gasteiger partial charge in [-0.15, -0.1) is 0 Å². The number of nitrogens with one attached hydrogen (secondary N) is 1. The number of H-pyrrole nitrogens is 1. The van der Waals surface area contributed by atoms with Gasteiger partial charge in [-0.3, -0.25) is 0 Å². The van der Waals surface area contributed by atoms with Crippen molar-refractivity contribution < 1.29 is 5.11 Å². The molecule has 90 valence electrons. The van der Waals surface area contributed by atoms with Crippen LogP contribution in [0.4, 0.5) is 5.82 Å². The Morgan fingerprint density at radius 1 is 1.53 bits per heavy atom. The number of fused-ring (bicyclic) bond motifs is 1. The summed E-state index contributed by atoms with van der Waals surface area (Å²) in [6.07, 6.45) is 2.93. The fraction of sp³-hybridized carbons (Fsp3) is 0.500. The predicted molar refractivity (Wildman–Crippen MR) is 61.1 cm³/mol. The lowest BCUT2D eigenvalue weighted by molar-refractivity contribution is 0.154. The molecule has 1 aliphatic heterocycles. The van der Waals surface area contributed by atoms with E-state index in [1.165, 1.54) is 10.7 Å². The van der Waals surface area contributed by atoms with Crippen LogP contribution in [-0.4, -0.2) is 43.9 Å². The number of aliphatic hydroxyl groups excluding tert-OH is 1. The number of piperidine rings is 1. The maximum Gasteiger partial charge on any atom is 0.348 e. The summed E-state index contributed by atoms with van der Waals surface area (Å²) >= 11 is 0. The van der Waals surface area contributed by atoms with Crippen LogP contribution >= 0.6 is 0 Å². The fourth-order valence-corrected chi connectivity index (χ4v) is 2.14. The summed E-state index contributed by atoms with van der Waals surface area (Å²) in [5.41, 5.74) is 0.248. The van der Waals surface area contributed by atoms with Crippen molar-refractivity contribution in [2.75, 3.05) is 18.0 Å². The van der Waals surface area contributed by atoms with E-state index >= 15 is 0 Å². The van der Waals surface area contributed by atoms with Crippen molar-refractivity contribution in [3.8, 4) is 0 Å². The molecule has 1 saturated heterocycles. The molecule has 2 N–H and O–H groups in total. The molecule has 0 radical (unpaired) electrons. The van der Waals surface area contributed by atoms with E-state index in [9.17, 15) is 9.90 Å². The first-order valence-corrected chi connectivity index (χ1v) is 5.60. The molecule has 0 spiro atoms. The average molecular weight is 235 g/mol. The molecule has 1 aliphatic rings. The Bertz CT molecular complexity index is 590. The zero-order chi connectivity index (χ0) is 11.8. The summed E-state index contributed by atoms with van der Waals surface area (Å²) in [7, 11) is 0. The number of aromatic amines is 1. The molecule has 0 aliphatic carbocycles. The third-order valence-corrected chi connectivity index (χ3v) is 3.02. The van der Waals surface area contributed by atoms with Gasteiger partial charge in [-0.05, 0) is 12.8 Å². The number of hydrogen-bond donors (Lipinski definition) is 2. The monoisotopic (exact) mass is 235 g/mol. The zero-order valence-corrected chi connectivity index (χ0v) is 9.20. The van der Waals surface area contributed by atoms with Gasteiger partial charge in [0.1, 0.15) is 12.1 Å². The van der Waals surface area contributed by atoms with Crippen LogP contribution in [0.25, 0.3) is 5.65 Å². The third kappa shape index (κ3) is 1.78. The van der Waals surface area contributed by atoms with Crippen molar-refractivity contribution in [3.05, 3.63) is 22.9 Å². The number of hydrogen-bond acceptors (Lipinski definition) is 5. The van der Waals surface area contributed by atoms with Gasteiger partial charge in [-0.1, -0.05) is 0 Å². The van der Waals surface area contributed by atoms with Gasteiger partial charge in [-0.2, -0.15) is 5.10 Å². The largest absolute Gasteiger partial charge is 0.391 e. The summed E-state index contributed by atoms with van der Waals surface area (Å²) in [5.74, 6) is 0.746. The maximum atomic E-state index is 11.3. The molecule has 1 atom stereocenters. The molecule has 3 rings (SSSR count). The SMILES string of the molecule is O=c1[nH]nc2cc(N3CCCC(O)C3)ncn12. The second kappa shape index (κ2) is 3.85. The highest BCUT2D eigenvalue weighted by atomic mass is 16.3. The van der Waals surface area contributed by atoms with Gasteiger partial charge >= 0.3 is 5.69 Å². The summed E-state index contributed by atoms with van der Waals surface area (Å²) in [5, 5.41) is 15.9. The summed E-state index contributed by atoms with van der Waals surface area (Å²) in [6, 6.07) is 1.75. The van der Waals surface area contributed by atoms with E-state index in [2.05, 4.69) is 15.2 Å². The van der Waals surface area contributed by atoms with E-state index < -0.39 is 0 Å². The van der Waals surface area contributed by atoms with Crippen LogP contribution in [0.1, 0.15) is 12.8 Å². The van der Waals surface area contributed by atoms with Crippen molar-refractivity contribution in [2.45, 2.75) is 18.9 Å². The highest BCUT2D eigenvalue weighted by Gasteiger charge is 2.19. The second-order valence-corrected chi connectivity index (χ2v) is 4.25. The van der Waals surface area contributed by atoms with Gasteiger partial charge in [0.25, 0.3) is 0 Å². The highest BCUT2D eigenvalue weighted by Crippen LogP contribution is 2.17. The average Bonchev–Trinajstić information content (AvgIpc) is 2.71. The van der Waals surface area contributed by atoms with E-state index in [-0.39, 0.29) is 11.8 Å². The molecular formula is C10H13N5O2. The lowest BCUT2D eigenvalue weighted by Gasteiger charge is -2.30. The van der Waals surface area contributed by atoms with Crippen LogP contribution in [0.3, 0.4) is 0 Å². The third-order valence-electron chi connectivity index (χ3n) is 3.02. The molecule has 0 saturated carbocycles. The van der Waals surface area contributed by atoms with Gasteiger partial charge in [-0.25, -0.2) is 19.3 Å². The van der Waals surface area contributed by atoms with E-state index in [4.69, 9.17) is 0 Å². The van der Waals surface area contributed by atoms with Crippen LogP contribution in [-0.2, 0) is 0 Å². The molecule has 0 amide bonds. The molecule has 2 aromatic heterocycles. The Hall–Kier alpha value is -1.89. The number of rotatable bonds is 1. The van der Waals surface area contributed by atoms with Crippen molar-refractivity contribution in [2.24, 2.45) is 0 Å². The Balaban J connectivity index is 1.97. The molecule has 1 fully saturated rings. The van der Waals surface area contributed by atoms with E-state index in [0.29, 0.717) is 12.2 Å². The van der Waals surface area contributed by atoms with Gasteiger partial charge in [0.05, 0.1) is 6.10 Å². The quantitative estimate of drug-likeness (QED) is 0.688. The predicted octanol–water partition coefficient (Wildman–Crippen LogP) is -0.621. The fourth-order valence-electron chi connectivity index (χ4n) is 2.14. The normalized spacial score (nSPS) is 21.0. The topological polar surface area (TPSA) is 86.5 Å². The standard InChI is InChI=1S/C10H13N5O2/c16-7-2-1-3-14(5-7)8-4-9-12-13-10(17)15(9)6-11-8/h4,6-7,16H,1-3,5H2,(H,13,17). The van der Waals surface area contributed by atoms with Crippen molar-refractivity contribution in [1.82, 2.24) is 19.6 Å². The molecule has 1 unspecified atom stereocenters. The Morgan fingerprint density at radius 3 is 3.24 bits per heavy atom. The van der Waals surface area contributed by atoms with E-state index in [1.54, 1.807) is 6.07 Å². The minimum atomic E-state index is -0.303. The minimum Gasteiger partial charge on any atom is -0.391 e. The lowest BCUT2D eigenvalue weighted by Crippen LogP contribution is -2.38. The van der Waals surface area contributed by atoms with Gasteiger partial charge in [0.2, 0.25) is 0 Å². The smallest absolute Gasteiger partial charge is 0.348 e. The first-order valence-electron chi connectivity index (χ1n) is 5.60. The minimum absolute atomic E-state index is 0.294.